The Morgan fingerprint density at radius 2 is 1.60 bits per heavy atom. The summed E-state index contributed by atoms with van der Waals surface area (Å²) in [5, 5.41) is 18.2. The minimum Gasteiger partial charge on any atom is -0.478 e. The highest BCUT2D eigenvalue weighted by atomic mass is 32.2. The van der Waals surface area contributed by atoms with E-state index in [1.54, 1.807) is 0 Å². The average Bonchev–Trinajstić information content (AvgIpc) is 2.34. The number of hydrogen-bond donors (Lipinski definition) is 3. The number of aromatic carboxylic acids is 2. The first-order chi connectivity index (χ1) is 9.23. The summed E-state index contributed by atoms with van der Waals surface area (Å²) >= 11 is 0. The Balaban J connectivity index is 3.10. The van der Waals surface area contributed by atoms with Crippen molar-refractivity contribution in [2.45, 2.75) is 4.90 Å². The van der Waals surface area contributed by atoms with Crippen LogP contribution in [0.1, 0.15) is 20.7 Å². The Kier molecular flexibility index (Phi) is 3.20. The summed E-state index contributed by atoms with van der Waals surface area (Å²) < 4.78 is 31.5. The molecule has 0 spiro atoms. The molecule has 0 aromatic heterocycles. The average molecular weight is 296 g/mol. The summed E-state index contributed by atoms with van der Waals surface area (Å²) in [5.74, 6) is -3.04. The standard InChI is InChI=1S/C12H8O7S/c13-11(14)7-3-1-2-6-4-5-8(20(17,18)19)10(9(6)7)12(15)16/h1-5H,(H,13,14)(H,15,16)(H,17,18,19). The zero-order valence-corrected chi connectivity index (χ0v) is 10.6. The SMILES string of the molecule is O=C(O)c1cccc2ccc(S(=O)(=O)O)c(C(=O)O)c12. The van der Waals surface area contributed by atoms with E-state index in [9.17, 15) is 18.0 Å². The molecule has 0 atom stereocenters. The molecule has 0 saturated heterocycles. The maximum absolute atomic E-state index is 11.3. The monoisotopic (exact) mass is 296 g/mol. The van der Waals surface area contributed by atoms with E-state index in [1.165, 1.54) is 18.2 Å². The number of hydrogen-bond acceptors (Lipinski definition) is 4. The quantitative estimate of drug-likeness (QED) is 0.731. The Hall–Kier alpha value is -2.45. The summed E-state index contributed by atoms with van der Waals surface area (Å²) in [4.78, 5) is 21.6. The fourth-order valence-corrected chi connectivity index (χ4v) is 2.65. The van der Waals surface area contributed by atoms with E-state index in [0.717, 1.165) is 12.1 Å². The van der Waals surface area contributed by atoms with Crippen molar-refractivity contribution in [3.63, 3.8) is 0 Å². The molecule has 0 radical (unpaired) electrons. The van der Waals surface area contributed by atoms with Crippen LogP contribution in [0.2, 0.25) is 0 Å². The third-order valence-electron chi connectivity index (χ3n) is 2.73. The van der Waals surface area contributed by atoms with Gasteiger partial charge in [-0.05, 0) is 17.5 Å². The van der Waals surface area contributed by atoms with Crippen LogP contribution in [0.5, 0.6) is 0 Å². The second-order valence-corrected chi connectivity index (χ2v) is 5.32. The van der Waals surface area contributed by atoms with E-state index >= 15 is 0 Å². The van der Waals surface area contributed by atoms with Gasteiger partial charge in [-0.15, -0.1) is 0 Å². The molecule has 2 aromatic rings. The van der Waals surface area contributed by atoms with Crippen LogP contribution in [0.3, 0.4) is 0 Å². The molecule has 0 heterocycles. The molecule has 20 heavy (non-hydrogen) atoms. The lowest BCUT2D eigenvalue weighted by Crippen LogP contribution is -2.11. The Bertz CT molecular complexity index is 836. The highest BCUT2D eigenvalue weighted by molar-refractivity contribution is 7.86. The molecule has 0 amide bonds. The van der Waals surface area contributed by atoms with Gasteiger partial charge in [-0.1, -0.05) is 18.2 Å². The van der Waals surface area contributed by atoms with Crippen LogP contribution in [0.4, 0.5) is 0 Å². The van der Waals surface area contributed by atoms with Gasteiger partial charge in [-0.3, -0.25) is 4.55 Å². The summed E-state index contributed by atoms with van der Waals surface area (Å²) in [6.45, 7) is 0. The third-order valence-corrected chi connectivity index (χ3v) is 3.63. The van der Waals surface area contributed by atoms with E-state index in [4.69, 9.17) is 14.8 Å². The van der Waals surface area contributed by atoms with Crippen LogP contribution in [0.25, 0.3) is 10.8 Å². The molecule has 0 aliphatic rings. The van der Waals surface area contributed by atoms with E-state index in [2.05, 4.69) is 0 Å². The Morgan fingerprint density at radius 3 is 2.10 bits per heavy atom. The second-order valence-electron chi connectivity index (χ2n) is 3.93. The number of carboxylic acids is 2. The molecule has 104 valence electrons. The van der Waals surface area contributed by atoms with Crippen LogP contribution in [-0.4, -0.2) is 35.1 Å². The van der Waals surface area contributed by atoms with Gasteiger partial charge in [0.05, 0.1) is 11.1 Å². The minimum atomic E-state index is -4.79. The first-order valence-electron chi connectivity index (χ1n) is 5.23. The Labute approximate surface area is 112 Å². The smallest absolute Gasteiger partial charge is 0.337 e. The third kappa shape index (κ3) is 2.22. The number of fused-ring (bicyclic) bond motifs is 1. The minimum absolute atomic E-state index is 0.245. The predicted molar refractivity (Wildman–Crippen MR) is 67.7 cm³/mol. The van der Waals surface area contributed by atoms with Crippen molar-refractivity contribution in [3.05, 3.63) is 41.5 Å². The van der Waals surface area contributed by atoms with Gasteiger partial charge < -0.3 is 10.2 Å². The van der Waals surface area contributed by atoms with Crippen LogP contribution in [-0.2, 0) is 10.1 Å². The molecular formula is C12H8O7S. The molecule has 0 aliphatic carbocycles. The zero-order valence-electron chi connectivity index (χ0n) is 9.77. The molecule has 7 nitrogen and oxygen atoms in total. The molecular weight excluding hydrogens is 288 g/mol. The number of benzene rings is 2. The summed E-state index contributed by atoms with van der Waals surface area (Å²) in [6, 6.07) is 6.17. The van der Waals surface area contributed by atoms with E-state index in [0.29, 0.717) is 0 Å². The van der Waals surface area contributed by atoms with Gasteiger partial charge in [0, 0.05) is 5.39 Å². The molecule has 2 rings (SSSR count). The van der Waals surface area contributed by atoms with Crippen molar-refractivity contribution in [1.82, 2.24) is 0 Å². The summed E-state index contributed by atoms with van der Waals surface area (Å²) in [7, 11) is -4.79. The molecule has 0 unspecified atom stereocenters. The van der Waals surface area contributed by atoms with Crippen molar-refractivity contribution < 1.29 is 32.8 Å². The molecule has 3 N–H and O–H groups in total. The molecule has 8 heteroatoms. The maximum atomic E-state index is 11.3. The van der Waals surface area contributed by atoms with E-state index in [1.807, 2.05) is 0 Å². The van der Waals surface area contributed by atoms with Crippen molar-refractivity contribution in [3.8, 4) is 0 Å². The van der Waals surface area contributed by atoms with Gasteiger partial charge in [0.15, 0.2) is 0 Å². The van der Waals surface area contributed by atoms with Crippen LogP contribution in [0, 0.1) is 0 Å². The Morgan fingerprint density at radius 1 is 0.950 bits per heavy atom. The lowest BCUT2D eigenvalue weighted by molar-refractivity contribution is 0.0693. The van der Waals surface area contributed by atoms with Crippen molar-refractivity contribution >= 4 is 32.8 Å². The van der Waals surface area contributed by atoms with Crippen molar-refractivity contribution in [2.24, 2.45) is 0 Å². The van der Waals surface area contributed by atoms with Gasteiger partial charge in [-0.25, -0.2) is 9.59 Å². The van der Waals surface area contributed by atoms with Crippen molar-refractivity contribution in [2.75, 3.05) is 0 Å². The van der Waals surface area contributed by atoms with Gasteiger partial charge in [0.1, 0.15) is 4.90 Å². The lowest BCUT2D eigenvalue weighted by atomic mass is 9.99. The van der Waals surface area contributed by atoms with Gasteiger partial charge in [0.2, 0.25) is 0 Å². The van der Waals surface area contributed by atoms with Gasteiger partial charge in [0.25, 0.3) is 10.1 Å². The first kappa shape index (κ1) is 14.0. The molecule has 2 aromatic carbocycles. The lowest BCUT2D eigenvalue weighted by Gasteiger charge is -2.09. The highest BCUT2D eigenvalue weighted by Crippen LogP contribution is 2.28. The van der Waals surface area contributed by atoms with Gasteiger partial charge >= 0.3 is 11.9 Å². The van der Waals surface area contributed by atoms with Crippen LogP contribution in [0.15, 0.2) is 35.2 Å². The maximum Gasteiger partial charge on any atom is 0.337 e. The van der Waals surface area contributed by atoms with E-state index < -0.39 is 32.5 Å². The second kappa shape index (κ2) is 4.58. The fraction of sp³-hybridized carbons (Fsp3) is 0. The molecule has 0 aliphatic heterocycles. The van der Waals surface area contributed by atoms with Crippen LogP contribution >= 0.6 is 0 Å². The number of carboxylic acid groups (broad SMARTS) is 2. The first-order valence-corrected chi connectivity index (χ1v) is 6.67. The van der Waals surface area contributed by atoms with Crippen LogP contribution < -0.4 is 0 Å². The summed E-state index contributed by atoms with van der Waals surface area (Å²) in [6.07, 6.45) is 0. The number of carbonyl (C=O) groups is 2. The summed E-state index contributed by atoms with van der Waals surface area (Å²) in [5.41, 5.74) is -1.12. The zero-order chi connectivity index (χ0) is 15.1. The fourth-order valence-electron chi connectivity index (χ4n) is 1.97. The molecule has 0 bridgehead atoms. The van der Waals surface area contributed by atoms with E-state index in [-0.39, 0.29) is 16.3 Å². The highest BCUT2D eigenvalue weighted by Gasteiger charge is 2.25. The van der Waals surface area contributed by atoms with Gasteiger partial charge in [-0.2, -0.15) is 8.42 Å². The molecule has 0 saturated carbocycles. The predicted octanol–water partition coefficient (Wildman–Crippen LogP) is 1.48. The van der Waals surface area contributed by atoms with Crippen molar-refractivity contribution in [1.29, 1.82) is 0 Å². The normalized spacial score (nSPS) is 11.4. The largest absolute Gasteiger partial charge is 0.478 e. The number of rotatable bonds is 3. The molecule has 0 fully saturated rings. The topological polar surface area (TPSA) is 129 Å².